The number of hydrogen-bond donors (Lipinski definition) is 1. The van der Waals surface area contributed by atoms with Crippen LogP contribution in [0.15, 0.2) is 35.3 Å². The number of fused-ring (bicyclic) bond motifs is 1. The molecule has 2 aliphatic rings. The van der Waals surface area contributed by atoms with Crippen LogP contribution in [0.4, 0.5) is 0 Å². The van der Waals surface area contributed by atoms with E-state index in [1.165, 1.54) is 18.4 Å². The molecule has 1 saturated heterocycles. The van der Waals surface area contributed by atoms with Gasteiger partial charge in [-0.25, -0.2) is 0 Å². The van der Waals surface area contributed by atoms with Crippen LogP contribution in [0, 0.1) is 0 Å². The van der Waals surface area contributed by atoms with Crippen molar-refractivity contribution in [2.45, 2.75) is 51.1 Å². The number of likely N-dealkylation sites (tertiary alicyclic amines) is 1. The van der Waals surface area contributed by atoms with Gasteiger partial charge in [0.25, 0.3) is 0 Å². The van der Waals surface area contributed by atoms with Crippen molar-refractivity contribution in [3.05, 3.63) is 47.5 Å². The van der Waals surface area contributed by atoms with Gasteiger partial charge in [0, 0.05) is 38.5 Å². The number of nitrogens with zero attached hydrogens (tertiary/aromatic N) is 5. The molecule has 2 aromatic rings. The van der Waals surface area contributed by atoms with Gasteiger partial charge in [0.1, 0.15) is 5.82 Å². The lowest BCUT2D eigenvalue weighted by atomic mass is 9.82. The van der Waals surface area contributed by atoms with Crippen LogP contribution in [0.3, 0.4) is 0 Å². The molecule has 27 heavy (non-hydrogen) atoms. The first kappa shape index (κ1) is 20.1. The second-order valence-electron chi connectivity index (χ2n) is 7.64. The molecule has 146 valence electrons. The third-order valence-electron chi connectivity index (χ3n) is 5.80. The Morgan fingerprint density at radius 2 is 2.00 bits per heavy atom. The molecule has 3 heterocycles. The van der Waals surface area contributed by atoms with Crippen LogP contribution >= 0.6 is 24.0 Å². The average Bonchev–Trinajstić information content (AvgIpc) is 3.28. The number of benzene rings is 1. The summed E-state index contributed by atoms with van der Waals surface area (Å²) in [7, 11) is 1.86. The Morgan fingerprint density at radius 3 is 2.78 bits per heavy atom. The average molecular weight is 480 g/mol. The normalized spacial score (nSPS) is 22.3. The predicted octanol–water partition coefficient (Wildman–Crippen LogP) is 2.97. The summed E-state index contributed by atoms with van der Waals surface area (Å²) in [5, 5.41) is 12.2. The van der Waals surface area contributed by atoms with Gasteiger partial charge >= 0.3 is 0 Å². The fraction of sp³-hybridized carbons (Fsp3) is 0.550. The van der Waals surface area contributed by atoms with E-state index in [1.54, 1.807) is 0 Å². The lowest BCUT2D eigenvalue weighted by molar-refractivity contribution is 0.436. The van der Waals surface area contributed by atoms with E-state index in [1.807, 2.05) is 7.05 Å². The summed E-state index contributed by atoms with van der Waals surface area (Å²) in [6.07, 6.45) is 4.62. The van der Waals surface area contributed by atoms with Crippen LogP contribution in [-0.2, 0) is 24.9 Å². The summed E-state index contributed by atoms with van der Waals surface area (Å²) in [5.74, 6) is 3.10. The van der Waals surface area contributed by atoms with E-state index in [-0.39, 0.29) is 29.4 Å². The molecule has 0 saturated carbocycles. The van der Waals surface area contributed by atoms with Gasteiger partial charge in [-0.15, -0.1) is 34.2 Å². The molecular formula is C20H29IN6. The van der Waals surface area contributed by atoms with Crippen LogP contribution in [0.2, 0.25) is 0 Å². The molecule has 4 rings (SSSR count). The minimum atomic E-state index is 0. The zero-order valence-corrected chi connectivity index (χ0v) is 18.5. The van der Waals surface area contributed by atoms with Crippen LogP contribution < -0.4 is 5.32 Å². The summed E-state index contributed by atoms with van der Waals surface area (Å²) in [4.78, 5) is 6.88. The van der Waals surface area contributed by atoms with Gasteiger partial charge in [0.05, 0.1) is 6.54 Å². The zero-order chi connectivity index (χ0) is 18.0. The van der Waals surface area contributed by atoms with E-state index in [4.69, 9.17) is 0 Å². The van der Waals surface area contributed by atoms with Crippen molar-refractivity contribution < 1.29 is 0 Å². The van der Waals surface area contributed by atoms with Crippen LogP contribution in [0.5, 0.6) is 0 Å². The van der Waals surface area contributed by atoms with Crippen LogP contribution in [0.25, 0.3) is 0 Å². The highest BCUT2D eigenvalue weighted by Crippen LogP contribution is 2.33. The lowest BCUT2D eigenvalue weighted by Crippen LogP contribution is -2.41. The van der Waals surface area contributed by atoms with E-state index in [9.17, 15) is 0 Å². The van der Waals surface area contributed by atoms with Gasteiger partial charge in [-0.1, -0.05) is 37.3 Å². The Kier molecular flexibility index (Phi) is 6.39. The molecule has 1 unspecified atom stereocenters. The summed E-state index contributed by atoms with van der Waals surface area (Å²) < 4.78 is 2.27. The molecule has 0 aliphatic carbocycles. The fourth-order valence-corrected chi connectivity index (χ4v) is 4.21. The van der Waals surface area contributed by atoms with Crippen molar-refractivity contribution in [3.8, 4) is 0 Å². The summed E-state index contributed by atoms with van der Waals surface area (Å²) in [5.41, 5.74) is 1.58. The molecule has 7 heteroatoms. The maximum Gasteiger partial charge on any atom is 0.194 e. The maximum atomic E-state index is 4.51. The number of nitrogens with one attached hydrogen (secondary N) is 1. The van der Waals surface area contributed by atoms with Crippen LogP contribution in [-0.4, -0.2) is 45.8 Å². The highest BCUT2D eigenvalue weighted by Gasteiger charge is 2.36. The predicted molar refractivity (Wildman–Crippen MR) is 119 cm³/mol. The van der Waals surface area contributed by atoms with Crippen molar-refractivity contribution in [1.82, 2.24) is 25.0 Å². The lowest BCUT2D eigenvalue weighted by Gasteiger charge is -2.27. The molecule has 1 atom stereocenters. The van der Waals surface area contributed by atoms with Crippen molar-refractivity contribution in [2.75, 3.05) is 20.1 Å². The SMILES string of the molecule is CN=C(NCc1nnc2n1CCCC2)N1CCC(C)(c2ccccc2)C1.I. The van der Waals surface area contributed by atoms with Crippen molar-refractivity contribution >= 4 is 29.9 Å². The molecule has 0 bridgehead atoms. The van der Waals surface area contributed by atoms with Gasteiger partial charge in [-0.05, 0) is 24.8 Å². The second-order valence-corrected chi connectivity index (χ2v) is 7.64. The number of guanidine groups is 1. The van der Waals surface area contributed by atoms with E-state index < -0.39 is 0 Å². The number of aliphatic imine (C=N–C) groups is 1. The van der Waals surface area contributed by atoms with E-state index in [0.717, 1.165) is 50.1 Å². The monoisotopic (exact) mass is 480 g/mol. The Hall–Kier alpha value is -1.64. The van der Waals surface area contributed by atoms with Crippen molar-refractivity contribution in [2.24, 2.45) is 4.99 Å². The Morgan fingerprint density at radius 1 is 1.19 bits per heavy atom. The first-order chi connectivity index (χ1) is 12.7. The standard InChI is InChI=1S/C20H28N6.HI/c1-20(16-8-4-3-5-9-16)11-13-25(15-20)19(21-2)22-14-18-24-23-17-10-6-7-12-26(17)18;/h3-5,8-9H,6-7,10-15H2,1-2H3,(H,21,22);1H. The van der Waals surface area contributed by atoms with Gasteiger partial charge in [0.15, 0.2) is 11.8 Å². The molecule has 1 aromatic heterocycles. The topological polar surface area (TPSA) is 58.3 Å². The number of aromatic nitrogens is 3. The third-order valence-corrected chi connectivity index (χ3v) is 5.80. The summed E-state index contributed by atoms with van der Waals surface area (Å²) in [6, 6.07) is 10.8. The summed E-state index contributed by atoms with van der Waals surface area (Å²) in [6.45, 7) is 6.06. The molecule has 0 radical (unpaired) electrons. The molecule has 1 fully saturated rings. The fourth-order valence-electron chi connectivity index (χ4n) is 4.21. The van der Waals surface area contributed by atoms with E-state index in [2.05, 4.69) is 67.2 Å². The molecule has 0 amide bonds. The third kappa shape index (κ3) is 4.12. The number of aryl methyl sites for hydroxylation is 1. The van der Waals surface area contributed by atoms with Gasteiger partial charge in [-0.2, -0.15) is 0 Å². The first-order valence-electron chi connectivity index (χ1n) is 9.62. The zero-order valence-electron chi connectivity index (χ0n) is 16.2. The summed E-state index contributed by atoms with van der Waals surface area (Å²) >= 11 is 0. The molecule has 6 nitrogen and oxygen atoms in total. The largest absolute Gasteiger partial charge is 0.349 e. The second kappa shape index (κ2) is 8.58. The quantitative estimate of drug-likeness (QED) is 0.417. The maximum absolute atomic E-state index is 4.51. The number of hydrogen-bond acceptors (Lipinski definition) is 3. The Balaban J connectivity index is 0.00000210. The highest BCUT2D eigenvalue weighted by atomic mass is 127. The van der Waals surface area contributed by atoms with Gasteiger partial charge in [0.2, 0.25) is 0 Å². The Bertz CT molecular complexity index is 787. The van der Waals surface area contributed by atoms with E-state index in [0.29, 0.717) is 6.54 Å². The molecule has 2 aliphatic heterocycles. The molecule has 1 N–H and O–H groups in total. The number of rotatable bonds is 3. The molecular weight excluding hydrogens is 451 g/mol. The minimum Gasteiger partial charge on any atom is -0.349 e. The van der Waals surface area contributed by atoms with Crippen molar-refractivity contribution in [3.63, 3.8) is 0 Å². The highest BCUT2D eigenvalue weighted by molar-refractivity contribution is 14.0. The smallest absolute Gasteiger partial charge is 0.194 e. The van der Waals surface area contributed by atoms with Crippen LogP contribution in [0.1, 0.15) is 43.4 Å². The minimum absolute atomic E-state index is 0. The molecule has 0 spiro atoms. The van der Waals surface area contributed by atoms with E-state index >= 15 is 0 Å². The first-order valence-corrected chi connectivity index (χ1v) is 9.62. The van der Waals surface area contributed by atoms with Gasteiger partial charge in [-0.3, -0.25) is 4.99 Å². The van der Waals surface area contributed by atoms with Crippen molar-refractivity contribution in [1.29, 1.82) is 0 Å². The van der Waals surface area contributed by atoms with Gasteiger partial charge < -0.3 is 14.8 Å². The molecule has 1 aromatic carbocycles. The Labute approximate surface area is 178 Å². The number of halogens is 1.